The second-order valence-corrected chi connectivity index (χ2v) is 5.92. The van der Waals surface area contributed by atoms with Gasteiger partial charge in [0.1, 0.15) is 5.60 Å². The number of carbonyl (C=O) groups excluding carboxylic acids is 1. The maximum Gasteiger partial charge on any atom is 0.271 e. The smallest absolute Gasteiger partial charge is 0.271 e. The maximum atomic E-state index is 12.1. The molecule has 1 aromatic carbocycles. The van der Waals surface area contributed by atoms with Crippen molar-refractivity contribution in [3.8, 4) is 0 Å². The van der Waals surface area contributed by atoms with Gasteiger partial charge in [0.05, 0.1) is 11.0 Å². The zero-order chi connectivity index (χ0) is 15.6. The molecule has 0 aromatic heterocycles. The number of non-ortho nitro benzene ring substituents is 1. The maximum absolute atomic E-state index is 12.1. The number of rotatable bonds is 4. The van der Waals surface area contributed by atoms with Gasteiger partial charge in [-0.05, 0) is 13.0 Å². The van der Waals surface area contributed by atoms with Crippen LogP contribution in [0.3, 0.4) is 0 Å². The second-order valence-electron chi connectivity index (χ2n) is 5.00. The Morgan fingerprint density at radius 3 is 2.90 bits per heavy atom. The van der Waals surface area contributed by atoms with E-state index in [9.17, 15) is 20.0 Å². The number of nitro groups is 1. The third-order valence-electron chi connectivity index (χ3n) is 3.57. The van der Waals surface area contributed by atoms with E-state index in [0.717, 1.165) is 0 Å². The molecule has 0 aliphatic carbocycles. The molecule has 1 fully saturated rings. The molecule has 1 heterocycles. The van der Waals surface area contributed by atoms with Crippen molar-refractivity contribution in [1.29, 1.82) is 0 Å². The van der Waals surface area contributed by atoms with Gasteiger partial charge in [-0.1, -0.05) is 15.9 Å². The largest absolute Gasteiger partial charge is 0.385 e. The Morgan fingerprint density at radius 1 is 1.62 bits per heavy atom. The minimum absolute atomic E-state index is 0.0350. The fourth-order valence-corrected chi connectivity index (χ4v) is 2.63. The number of amides is 1. The summed E-state index contributed by atoms with van der Waals surface area (Å²) >= 11 is 3.13. The Morgan fingerprint density at radius 2 is 2.33 bits per heavy atom. The number of ether oxygens (including phenoxy) is 1. The van der Waals surface area contributed by atoms with Crippen molar-refractivity contribution in [3.05, 3.63) is 38.3 Å². The Labute approximate surface area is 129 Å². The van der Waals surface area contributed by atoms with E-state index in [0.29, 0.717) is 17.5 Å². The molecular weight excluding hydrogens is 344 g/mol. The first-order valence-electron chi connectivity index (χ1n) is 6.39. The van der Waals surface area contributed by atoms with E-state index in [2.05, 4.69) is 21.2 Å². The highest BCUT2D eigenvalue weighted by Gasteiger charge is 2.39. The zero-order valence-electron chi connectivity index (χ0n) is 11.3. The molecule has 8 heteroatoms. The first kappa shape index (κ1) is 15.9. The highest BCUT2D eigenvalue weighted by atomic mass is 79.9. The van der Waals surface area contributed by atoms with Crippen LogP contribution in [0.15, 0.2) is 22.7 Å². The normalized spacial score (nSPS) is 24.8. The number of benzene rings is 1. The lowest BCUT2D eigenvalue weighted by Crippen LogP contribution is -2.47. The molecule has 1 aromatic rings. The second kappa shape index (κ2) is 6.08. The number of carbonyl (C=O) groups is 1. The molecule has 0 radical (unpaired) electrons. The number of hydrogen-bond acceptors (Lipinski definition) is 5. The molecule has 2 atom stereocenters. The van der Waals surface area contributed by atoms with Crippen LogP contribution in [0.1, 0.15) is 23.7 Å². The van der Waals surface area contributed by atoms with Crippen LogP contribution >= 0.6 is 15.9 Å². The highest BCUT2D eigenvalue weighted by molar-refractivity contribution is 9.10. The van der Waals surface area contributed by atoms with Crippen LogP contribution in [-0.4, -0.2) is 40.8 Å². The van der Waals surface area contributed by atoms with Gasteiger partial charge in [-0.15, -0.1) is 0 Å². The van der Waals surface area contributed by atoms with Crippen LogP contribution in [0.4, 0.5) is 5.69 Å². The quantitative estimate of drug-likeness (QED) is 0.629. The van der Waals surface area contributed by atoms with Crippen LogP contribution in [0, 0.1) is 10.1 Å². The predicted octanol–water partition coefficient (Wildman–Crippen LogP) is 1.63. The highest BCUT2D eigenvalue weighted by Crippen LogP contribution is 2.25. The number of nitro benzene ring substituents is 1. The molecule has 2 unspecified atom stereocenters. The van der Waals surface area contributed by atoms with Crippen LogP contribution < -0.4 is 5.32 Å². The molecule has 1 saturated heterocycles. The van der Waals surface area contributed by atoms with E-state index >= 15 is 0 Å². The van der Waals surface area contributed by atoms with E-state index < -0.39 is 16.4 Å². The third kappa shape index (κ3) is 3.58. The molecule has 0 saturated carbocycles. The molecule has 2 N–H and O–H groups in total. The molecule has 21 heavy (non-hydrogen) atoms. The van der Waals surface area contributed by atoms with Gasteiger partial charge in [-0.3, -0.25) is 14.9 Å². The van der Waals surface area contributed by atoms with Crippen LogP contribution in [0.25, 0.3) is 0 Å². The van der Waals surface area contributed by atoms with E-state index in [1.165, 1.54) is 18.2 Å². The van der Waals surface area contributed by atoms with Gasteiger partial charge < -0.3 is 15.2 Å². The fourth-order valence-electron chi connectivity index (χ4n) is 2.15. The van der Waals surface area contributed by atoms with Crippen molar-refractivity contribution in [3.63, 3.8) is 0 Å². The van der Waals surface area contributed by atoms with Crippen LogP contribution in [0.2, 0.25) is 0 Å². The van der Waals surface area contributed by atoms with Gasteiger partial charge in [0.25, 0.3) is 11.6 Å². The summed E-state index contributed by atoms with van der Waals surface area (Å²) in [5, 5.41) is 23.7. The number of halogens is 1. The van der Waals surface area contributed by atoms with Gasteiger partial charge in [-0.25, -0.2) is 0 Å². The Kier molecular flexibility index (Phi) is 4.60. The van der Waals surface area contributed by atoms with E-state index in [4.69, 9.17) is 4.74 Å². The van der Waals surface area contributed by atoms with E-state index in [-0.39, 0.29) is 23.9 Å². The number of aliphatic hydroxyl groups is 1. The van der Waals surface area contributed by atoms with Gasteiger partial charge in [-0.2, -0.15) is 0 Å². The summed E-state index contributed by atoms with van der Waals surface area (Å²) in [6, 6.07) is 4.00. The first-order valence-corrected chi connectivity index (χ1v) is 7.18. The molecule has 2 rings (SSSR count). The van der Waals surface area contributed by atoms with Crippen molar-refractivity contribution in [2.45, 2.75) is 25.0 Å². The molecule has 114 valence electrons. The Balaban J connectivity index is 2.08. The molecule has 0 bridgehead atoms. The molecule has 1 aliphatic rings. The lowest BCUT2D eigenvalue weighted by atomic mass is 9.96. The molecule has 1 amide bonds. The third-order valence-corrected chi connectivity index (χ3v) is 4.03. The zero-order valence-corrected chi connectivity index (χ0v) is 12.9. The summed E-state index contributed by atoms with van der Waals surface area (Å²) in [6.07, 6.45) is 0.0715. The molecule has 0 spiro atoms. The van der Waals surface area contributed by atoms with Crippen molar-refractivity contribution < 1.29 is 19.6 Å². The minimum atomic E-state index is -1.10. The summed E-state index contributed by atoms with van der Waals surface area (Å²) in [4.78, 5) is 22.3. The molecule has 1 aliphatic heterocycles. The Bertz CT molecular complexity index is 580. The predicted molar refractivity (Wildman–Crippen MR) is 78.1 cm³/mol. The SMILES string of the molecule is CC1OCCC1(O)CNC(=O)c1cc(Br)cc([N+](=O)[O-])c1. The van der Waals surface area contributed by atoms with Crippen molar-refractivity contribution >= 4 is 27.5 Å². The topological polar surface area (TPSA) is 102 Å². The lowest BCUT2D eigenvalue weighted by molar-refractivity contribution is -0.385. The van der Waals surface area contributed by atoms with E-state index in [1.807, 2.05) is 0 Å². The molecule has 7 nitrogen and oxygen atoms in total. The fraction of sp³-hybridized carbons (Fsp3) is 0.462. The lowest BCUT2D eigenvalue weighted by Gasteiger charge is -2.26. The standard InChI is InChI=1S/C13H15BrN2O5/c1-8-13(18,2-3-21-8)7-15-12(17)9-4-10(14)6-11(5-9)16(19)20/h4-6,8,18H,2-3,7H2,1H3,(H,15,17). The number of nitrogens with zero attached hydrogens (tertiary/aromatic N) is 1. The minimum Gasteiger partial charge on any atom is -0.385 e. The first-order chi connectivity index (χ1) is 9.82. The van der Waals surface area contributed by atoms with Crippen molar-refractivity contribution in [2.24, 2.45) is 0 Å². The number of nitrogens with one attached hydrogen (secondary N) is 1. The van der Waals surface area contributed by atoms with E-state index in [1.54, 1.807) is 6.92 Å². The van der Waals surface area contributed by atoms with Crippen molar-refractivity contribution in [1.82, 2.24) is 5.32 Å². The van der Waals surface area contributed by atoms with Crippen LogP contribution in [0.5, 0.6) is 0 Å². The Hall–Kier alpha value is -1.51. The average molecular weight is 359 g/mol. The van der Waals surface area contributed by atoms with Gasteiger partial charge in [0, 0.05) is 41.7 Å². The summed E-state index contributed by atoms with van der Waals surface area (Å²) in [7, 11) is 0. The van der Waals surface area contributed by atoms with Crippen molar-refractivity contribution in [2.75, 3.05) is 13.2 Å². The summed E-state index contributed by atoms with van der Waals surface area (Å²) in [6.45, 7) is 2.21. The summed E-state index contributed by atoms with van der Waals surface area (Å²) < 4.78 is 5.72. The summed E-state index contributed by atoms with van der Waals surface area (Å²) in [5.74, 6) is -0.480. The van der Waals surface area contributed by atoms with Crippen LogP contribution in [-0.2, 0) is 4.74 Å². The molecular formula is C13H15BrN2O5. The summed E-state index contributed by atoms with van der Waals surface area (Å²) in [5.41, 5.74) is -1.12. The average Bonchev–Trinajstić information content (AvgIpc) is 2.75. The monoisotopic (exact) mass is 358 g/mol. The van der Waals surface area contributed by atoms with Gasteiger partial charge >= 0.3 is 0 Å². The van der Waals surface area contributed by atoms with Gasteiger partial charge in [0.2, 0.25) is 0 Å². The number of hydrogen-bond donors (Lipinski definition) is 2. The van der Waals surface area contributed by atoms with Gasteiger partial charge in [0.15, 0.2) is 0 Å².